The first-order chi connectivity index (χ1) is 6.86. The summed E-state index contributed by atoms with van der Waals surface area (Å²) >= 11 is 0. The van der Waals surface area contributed by atoms with Gasteiger partial charge in [-0.1, -0.05) is 6.08 Å². The molecule has 0 atom stereocenters. The predicted octanol–water partition coefficient (Wildman–Crippen LogP) is 0.758. The van der Waals surface area contributed by atoms with Crippen molar-refractivity contribution in [3.63, 3.8) is 0 Å². The third-order valence-corrected chi connectivity index (χ3v) is 2.72. The van der Waals surface area contributed by atoms with E-state index in [0.717, 1.165) is 32.7 Å². The van der Waals surface area contributed by atoms with Gasteiger partial charge in [0, 0.05) is 38.1 Å². The lowest BCUT2D eigenvalue weighted by molar-refractivity contribution is 0.190. The first-order valence-electron chi connectivity index (χ1n) is 5.16. The van der Waals surface area contributed by atoms with Gasteiger partial charge in [0.15, 0.2) is 0 Å². The number of piperazine rings is 1. The number of hydrogen-bond acceptors (Lipinski definition) is 3. The van der Waals surface area contributed by atoms with Crippen LogP contribution in [0.3, 0.4) is 0 Å². The van der Waals surface area contributed by atoms with Crippen molar-refractivity contribution in [1.29, 1.82) is 0 Å². The van der Waals surface area contributed by atoms with E-state index in [9.17, 15) is 0 Å². The Labute approximate surface area is 85.4 Å². The molecule has 14 heavy (non-hydrogen) atoms. The van der Waals surface area contributed by atoms with E-state index >= 15 is 0 Å². The Kier molecular flexibility index (Phi) is 2.99. The van der Waals surface area contributed by atoms with Crippen LogP contribution in [0.4, 0.5) is 0 Å². The minimum Gasteiger partial charge on any atom is -0.369 e. The van der Waals surface area contributed by atoms with Crippen molar-refractivity contribution >= 4 is 6.21 Å². The van der Waals surface area contributed by atoms with E-state index in [4.69, 9.17) is 0 Å². The van der Waals surface area contributed by atoms with Crippen molar-refractivity contribution in [1.82, 2.24) is 9.80 Å². The second-order valence-corrected chi connectivity index (χ2v) is 3.80. The van der Waals surface area contributed by atoms with Crippen molar-refractivity contribution in [3.8, 4) is 0 Å². The summed E-state index contributed by atoms with van der Waals surface area (Å²) in [4.78, 5) is 9.00. The summed E-state index contributed by atoms with van der Waals surface area (Å²) in [6.07, 6.45) is 8.31. The molecular formula is C11H17N3. The third-order valence-electron chi connectivity index (χ3n) is 2.72. The topological polar surface area (TPSA) is 18.8 Å². The highest BCUT2D eigenvalue weighted by molar-refractivity contribution is 5.73. The Bertz CT molecular complexity index is 270. The van der Waals surface area contributed by atoms with Gasteiger partial charge in [0.05, 0.1) is 6.54 Å². The van der Waals surface area contributed by atoms with Crippen LogP contribution in [0.1, 0.15) is 0 Å². The molecule has 3 nitrogen and oxygen atoms in total. The fourth-order valence-corrected chi connectivity index (χ4v) is 1.76. The lowest BCUT2D eigenvalue weighted by Gasteiger charge is -2.34. The molecule has 0 aromatic rings. The minimum atomic E-state index is 0.813. The Hall–Kier alpha value is -1.09. The fraction of sp³-hybridized carbons (Fsp3) is 0.545. The van der Waals surface area contributed by atoms with Crippen LogP contribution in [0.5, 0.6) is 0 Å². The summed E-state index contributed by atoms with van der Waals surface area (Å²) in [5.74, 6) is 0. The molecule has 0 N–H and O–H groups in total. The second-order valence-electron chi connectivity index (χ2n) is 3.80. The van der Waals surface area contributed by atoms with Gasteiger partial charge in [-0.3, -0.25) is 4.99 Å². The SMILES string of the molecule is CN1CCN(C2=CC=NCC=C2)CC1. The molecule has 0 aromatic heterocycles. The molecule has 0 unspecified atom stereocenters. The van der Waals surface area contributed by atoms with Crippen molar-refractivity contribution in [3.05, 3.63) is 23.9 Å². The molecule has 0 radical (unpaired) electrons. The molecule has 2 aliphatic rings. The van der Waals surface area contributed by atoms with Crippen LogP contribution in [-0.4, -0.2) is 55.8 Å². The number of hydrogen-bond donors (Lipinski definition) is 0. The van der Waals surface area contributed by atoms with E-state index in [1.54, 1.807) is 0 Å². The molecule has 0 bridgehead atoms. The highest BCUT2D eigenvalue weighted by Gasteiger charge is 2.14. The van der Waals surface area contributed by atoms with Crippen molar-refractivity contribution in [2.75, 3.05) is 39.8 Å². The summed E-state index contributed by atoms with van der Waals surface area (Å²) in [7, 11) is 2.18. The summed E-state index contributed by atoms with van der Waals surface area (Å²) < 4.78 is 0. The van der Waals surface area contributed by atoms with Gasteiger partial charge in [-0.15, -0.1) is 0 Å². The van der Waals surface area contributed by atoms with Crippen LogP contribution in [0.15, 0.2) is 28.9 Å². The zero-order chi connectivity index (χ0) is 9.80. The quantitative estimate of drug-likeness (QED) is 0.609. The van der Waals surface area contributed by atoms with Crippen LogP contribution in [0.25, 0.3) is 0 Å². The Morgan fingerprint density at radius 1 is 1.21 bits per heavy atom. The second kappa shape index (κ2) is 4.42. The molecule has 0 spiro atoms. The Morgan fingerprint density at radius 2 is 2.00 bits per heavy atom. The first kappa shape index (κ1) is 9.46. The fourth-order valence-electron chi connectivity index (χ4n) is 1.76. The van der Waals surface area contributed by atoms with Crippen LogP contribution in [0, 0.1) is 0 Å². The van der Waals surface area contributed by atoms with Crippen LogP contribution >= 0.6 is 0 Å². The van der Waals surface area contributed by atoms with Gasteiger partial charge in [0.2, 0.25) is 0 Å². The van der Waals surface area contributed by atoms with E-state index in [2.05, 4.69) is 40.1 Å². The van der Waals surface area contributed by atoms with Crippen molar-refractivity contribution in [2.24, 2.45) is 4.99 Å². The van der Waals surface area contributed by atoms with Gasteiger partial charge in [0.1, 0.15) is 0 Å². The summed E-state index contributed by atoms with van der Waals surface area (Å²) in [6.45, 7) is 5.37. The van der Waals surface area contributed by atoms with E-state index in [1.165, 1.54) is 5.70 Å². The Morgan fingerprint density at radius 3 is 2.79 bits per heavy atom. The van der Waals surface area contributed by atoms with Gasteiger partial charge in [0.25, 0.3) is 0 Å². The zero-order valence-electron chi connectivity index (χ0n) is 8.69. The molecule has 0 aromatic carbocycles. The number of aliphatic imine (C=N–C) groups is 1. The molecular weight excluding hydrogens is 174 g/mol. The lowest BCUT2D eigenvalue weighted by Crippen LogP contribution is -2.43. The monoisotopic (exact) mass is 191 g/mol. The van der Waals surface area contributed by atoms with Gasteiger partial charge in [-0.05, 0) is 19.2 Å². The molecule has 0 amide bonds. The molecule has 0 saturated carbocycles. The van der Waals surface area contributed by atoms with Crippen LogP contribution in [0.2, 0.25) is 0 Å². The van der Waals surface area contributed by atoms with E-state index in [1.807, 2.05) is 6.21 Å². The van der Waals surface area contributed by atoms with Crippen molar-refractivity contribution < 1.29 is 0 Å². The largest absolute Gasteiger partial charge is 0.369 e. The van der Waals surface area contributed by atoms with Gasteiger partial charge in [-0.25, -0.2) is 0 Å². The smallest absolute Gasteiger partial charge is 0.0574 e. The average Bonchev–Trinajstić information content (AvgIpc) is 2.47. The normalized spacial score (nSPS) is 23.5. The third kappa shape index (κ3) is 2.23. The highest BCUT2D eigenvalue weighted by atomic mass is 15.2. The Balaban J connectivity index is 2.00. The van der Waals surface area contributed by atoms with E-state index in [-0.39, 0.29) is 0 Å². The summed E-state index contributed by atoms with van der Waals surface area (Å²) in [5, 5.41) is 0. The molecule has 76 valence electrons. The molecule has 2 rings (SSSR count). The number of nitrogens with zero attached hydrogens (tertiary/aromatic N) is 3. The molecule has 2 heterocycles. The number of allylic oxidation sites excluding steroid dienone is 2. The lowest BCUT2D eigenvalue weighted by atomic mass is 10.2. The van der Waals surface area contributed by atoms with E-state index in [0.29, 0.717) is 0 Å². The molecule has 3 heteroatoms. The van der Waals surface area contributed by atoms with Gasteiger partial charge < -0.3 is 9.80 Å². The predicted molar refractivity (Wildman–Crippen MR) is 59.7 cm³/mol. The van der Waals surface area contributed by atoms with Crippen LogP contribution < -0.4 is 0 Å². The number of rotatable bonds is 1. The van der Waals surface area contributed by atoms with Gasteiger partial charge in [-0.2, -0.15) is 0 Å². The first-order valence-corrected chi connectivity index (χ1v) is 5.16. The van der Waals surface area contributed by atoms with Crippen LogP contribution in [-0.2, 0) is 0 Å². The van der Waals surface area contributed by atoms with Gasteiger partial charge >= 0.3 is 0 Å². The zero-order valence-corrected chi connectivity index (χ0v) is 8.69. The standard InChI is InChI=1S/C11H17N3/c1-13-7-9-14(10-8-13)11-3-2-5-12-6-4-11/h2-4,6H,5,7-10H2,1H3. The molecule has 1 fully saturated rings. The maximum atomic E-state index is 4.21. The minimum absolute atomic E-state index is 0.813. The average molecular weight is 191 g/mol. The number of likely N-dealkylation sites (N-methyl/N-ethyl adjacent to an activating group) is 1. The molecule has 1 saturated heterocycles. The molecule has 2 aliphatic heterocycles. The maximum absolute atomic E-state index is 4.21. The molecule has 0 aliphatic carbocycles. The highest BCUT2D eigenvalue weighted by Crippen LogP contribution is 2.10. The van der Waals surface area contributed by atoms with Crippen molar-refractivity contribution in [2.45, 2.75) is 0 Å². The maximum Gasteiger partial charge on any atom is 0.0574 e. The summed E-state index contributed by atoms with van der Waals surface area (Å²) in [5.41, 5.74) is 1.30. The summed E-state index contributed by atoms with van der Waals surface area (Å²) in [6, 6.07) is 0. The van der Waals surface area contributed by atoms with E-state index < -0.39 is 0 Å².